The number of thiophene rings is 1. The van der Waals surface area contributed by atoms with Crippen LogP contribution in [-0.4, -0.2) is 15.0 Å². The van der Waals surface area contributed by atoms with Crippen molar-refractivity contribution >= 4 is 44.5 Å². The van der Waals surface area contributed by atoms with Gasteiger partial charge in [0.25, 0.3) is 0 Å². The molecule has 3 nitrogen and oxygen atoms in total. The average Bonchev–Trinajstić information content (AvgIpc) is 2.87. The number of hydrogen-bond acceptors (Lipinski definition) is 5. The highest BCUT2D eigenvalue weighted by atomic mass is 35.5. The highest BCUT2D eigenvalue weighted by molar-refractivity contribution is 7.16. The van der Waals surface area contributed by atoms with Gasteiger partial charge >= 0.3 is 0 Å². The summed E-state index contributed by atoms with van der Waals surface area (Å²) in [5, 5.41) is 6.48. The Morgan fingerprint density at radius 3 is 2.88 bits per heavy atom. The molecule has 0 fully saturated rings. The first-order valence-corrected chi connectivity index (χ1v) is 7.17. The Labute approximate surface area is 111 Å². The molecule has 0 bridgehead atoms. The zero-order valence-corrected chi connectivity index (χ0v) is 11.4. The third kappa shape index (κ3) is 2.18. The number of rotatable bonds is 2. The van der Waals surface area contributed by atoms with Gasteiger partial charge < -0.3 is 0 Å². The zero-order chi connectivity index (χ0) is 11.8. The van der Waals surface area contributed by atoms with Crippen LogP contribution < -0.4 is 0 Å². The summed E-state index contributed by atoms with van der Waals surface area (Å²) in [6, 6.07) is 1.94. The molecule has 0 unspecified atom stereocenters. The number of halogens is 1. The van der Waals surface area contributed by atoms with Gasteiger partial charge in [0.1, 0.15) is 20.8 Å². The molecule has 3 rings (SSSR count). The maximum atomic E-state index is 6.11. The van der Waals surface area contributed by atoms with Crippen molar-refractivity contribution in [2.45, 2.75) is 13.3 Å². The zero-order valence-electron chi connectivity index (χ0n) is 8.98. The van der Waals surface area contributed by atoms with Gasteiger partial charge in [-0.15, -0.1) is 22.7 Å². The Hall–Kier alpha value is -1.04. The summed E-state index contributed by atoms with van der Waals surface area (Å²) in [6.07, 6.45) is 0.645. The van der Waals surface area contributed by atoms with Crippen molar-refractivity contribution in [3.05, 3.63) is 38.5 Å². The van der Waals surface area contributed by atoms with Crippen LogP contribution in [0.15, 0.2) is 16.8 Å². The topological polar surface area (TPSA) is 38.7 Å². The second-order valence-electron chi connectivity index (χ2n) is 3.63. The Bertz CT molecular complexity index is 674. The van der Waals surface area contributed by atoms with Crippen LogP contribution in [0.3, 0.4) is 0 Å². The molecule has 17 heavy (non-hydrogen) atoms. The van der Waals surface area contributed by atoms with Gasteiger partial charge in [0, 0.05) is 16.5 Å². The molecule has 0 spiro atoms. The van der Waals surface area contributed by atoms with E-state index >= 15 is 0 Å². The Balaban J connectivity index is 2.00. The Morgan fingerprint density at radius 1 is 1.24 bits per heavy atom. The molecule has 0 aliphatic carbocycles. The van der Waals surface area contributed by atoms with Crippen molar-refractivity contribution in [3.63, 3.8) is 0 Å². The van der Waals surface area contributed by atoms with Gasteiger partial charge in [-0.1, -0.05) is 11.6 Å². The van der Waals surface area contributed by atoms with Crippen molar-refractivity contribution < 1.29 is 0 Å². The molecule has 0 aromatic carbocycles. The minimum absolute atomic E-state index is 0.527. The van der Waals surface area contributed by atoms with Crippen molar-refractivity contribution in [1.82, 2.24) is 15.0 Å². The predicted molar refractivity (Wildman–Crippen MR) is 72.1 cm³/mol. The molecule has 0 radical (unpaired) electrons. The smallest absolute Gasteiger partial charge is 0.141 e. The van der Waals surface area contributed by atoms with Crippen molar-refractivity contribution in [2.75, 3.05) is 0 Å². The fourth-order valence-corrected chi connectivity index (χ4v) is 3.42. The lowest BCUT2D eigenvalue weighted by Gasteiger charge is -1.99. The minimum atomic E-state index is 0.527. The van der Waals surface area contributed by atoms with E-state index in [-0.39, 0.29) is 0 Å². The van der Waals surface area contributed by atoms with Crippen LogP contribution in [0, 0.1) is 6.92 Å². The SMILES string of the molecule is Cc1csc(Cc2nc(Cl)c3ccsc3n2)n1. The molecule has 86 valence electrons. The van der Waals surface area contributed by atoms with Crippen LogP contribution in [0.2, 0.25) is 5.15 Å². The van der Waals surface area contributed by atoms with Crippen LogP contribution in [-0.2, 0) is 6.42 Å². The van der Waals surface area contributed by atoms with E-state index in [0.717, 1.165) is 26.7 Å². The first-order chi connectivity index (χ1) is 8.22. The van der Waals surface area contributed by atoms with E-state index in [1.54, 1.807) is 22.7 Å². The summed E-state index contributed by atoms with van der Waals surface area (Å²) in [4.78, 5) is 14.1. The van der Waals surface area contributed by atoms with Gasteiger partial charge in [-0.25, -0.2) is 15.0 Å². The summed E-state index contributed by atoms with van der Waals surface area (Å²) in [5.74, 6) is 0.735. The summed E-state index contributed by atoms with van der Waals surface area (Å²) >= 11 is 9.32. The van der Waals surface area contributed by atoms with E-state index < -0.39 is 0 Å². The molecule has 0 atom stereocenters. The normalized spacial score (nSPS) is 11.2. The molecule has 0 aliphatic heterocycles. The van der Waals surface area contributed by atoms with Gasteiger partial charge in [0.15, 0.2) is 0 Å². The van der Waals surface area contributed by atoms with Gasteiger partial charge in [-0.2, -0.15) is 0 Å². The summed E-state index contributed by atoms with van der Waals surface area (Å²) in [5.41, 5.74) is 1.04. The van der Waals surface area contributed by atoms with Crippen LogP contribution in [0.1, 0.15) is 16.5 Å². The minimum Gasteiger partial charge on any atom is -0.246 e. The molecule has 0 saturated heterocycles. The number of aromatic nitrogens is 3. The van der Waals surface area contributed by atoms with Crippen LogP contribution >= 0.6 is 34.3 Å². The lowest BCUT2D eigenvalue weighted by Crippen LogP contribution is -1.96. The van der Waals surface area contributed by atoms with Crippen molar-refractivity contribution in [2.24, 2.45) is 0 Å². The summed E-state index contributed by atoms with van der Waals surface area (Å²) < 4.78 is 0. The van der Waals surface area contributed by atoms with Gasteiger partial charge in [-0.05, 0) is 18.4 Å². The number of fused-ring (bicyclic) bond motifs is 1. The molecule has 6 heteroatoms. The largest absolute Gasteiger partial charge is 0.246 e. The van der Waals surface area contributed by atoms with E-state index in [4.69, 9.17) is 11.6 Å². The van der Waals surface area contributed by atoms with E-state index in [0.29, 0.717) is 11.6 Å². The molecule has 0 N–H and O–H groups in total. The van der Waals surface area contributed by atoms with E-state index in [1.807, 2.05) is 23.8 Å². The monoisotopic (exact) mass is 281 g/mol. The Morgan fingerprint density at radius 2 is 2.12 bits per heavy atom. The molecule has 0 saturated carbocycles. The summed E-state index contributed by atoms with van der Waals surface area (Å²) in [7, 11) is 0. The molecular formula is C11H8ClN3S2. The maximum Gasteiger partial charge on any atom is 0.141 e. The van der Waals surface area contributed by atoms with Gasteiger partial charge in [0.05, 0.1) is 6.42 Å². The Kier molecular flexibility index (Phi) is 2.82. The van der Waals surface area contributed by atoms with Gasteiger partial charge in [-0.3, -0.25) is 0 Å². The highest BCUT2D eigenvalue weighted by Gasteiger charge is 2.09. The lowest BCUT2D eigenvalue weighted by atomic mass is 10.3. The van der Waals surface area contributed by atoms with E-state index in [2.05, 4.69) is 15.0 Å². The molecule has 3 aromatic heterocycles. The number of aryl methyl sites for hydroxylation is 1. The fraction of sp³-hybridized carbons (Fsp3) is 0.182. The van der Waals surface area contributed by atoms with E-state index in [9.17, 15) is 0 Å². The highest BCUT2D eigenvalue weighted by Crippen LogP contribution is 2.25. The number of hydrogen-bond donors (Lipinski definition) is 0. The molecule has 3 heterocycles. The van der Waals surface area contributed by atoms with Gasteiger partial charge in [0.2, 0.25) is 0 Å². The molecular weight excluding hydrogens is 274 g/mol. The molecule has 3 aromatic rings. The molecule has 0 amide bonds. The van der Waals surface area contributed by atoms with Crippen LogP contribution in [0.4, 0.5) is 0 Å². The average molecular weight is 282 g/mol. The first-order valence-electron chi connectivity index (χ1n) is 5.03. The third-order valence-electron chi connectivity index (χ3n) is 2.30. The van der Waals surface area contributed by atoms with Crippen molar-refractivity contribution in [1.29, 1.82) is 0 Å². The van der Waals surface area contributed by atoms with Crippen LogP contribution in [0.5, 0.6) is 0 Å². The standard InChI is InChI=1S/C11H8ClN3S2/c1-6-5-17-9(13-6)4-8-14-10(12)7-2-3-16-11(7)15-8/h2-3,5H,4H2,1H3. The third-order valence-corrected chi connectivity index (χ3v) is 4.36. The lowest BCUT2D eigenvalue weighted by molar-refractivity contribution is 0.976. The predicted octanol–water partition coefficient (Wildman–Crippen LogP) is 3.70. The number of thiazole rings is 1. The molecule has 0 aliphatic rings. The maximum absolute atomic E-state index is 6.11. The van der Waals surface area contributed by atoms with Crippen molar-refractivity contribution in [3.8, 4) is 0 Å². The first kappa shape index (κ1) is 11.1. The number of nitrogens with zero attached hydrogens (tertiary/aromatic N) is 3. The quantitative estimate of drug-likeness (QED) is 0.672. The summed E-state index contributed by atoms with van der Waals surface area (Å²) in [6.45, 7) is 1.98. The second kappa shape index (κ2) is 4.33. The van der Waals surface area contributed by atoms with Crippen LogP contribution in [0.25, 0.3) is 10.2 Å². The fourth-order valence-electron chi connectivity index (χ4n) is 1.56. The van der Waals surface area contributed by atoms with E-state index in [1.165, 1.54) is 0 Å². The second-order valence-corrected chi connectivity index (χ2v) is 5.82.